The summed E-state index contributed by atoms with van der Waals surface area (Å²) in [7, 11) is 6.29. The standard InChI is InChI=1S/C29H47N5O8/c1-30-6-8-31(2)10-12-33(22-26-28(37)24(35)4-16-41-26)14-18-39-20-21-40-19-15-34(13-11-32(3)9-7-30)23-27-29(38)25(36)5-17-42-27/h4-5,16-17,37-38H,6-15,18-23H2,1-3H3. The zero-order chi connectivity index (χ0) is 30.3. The molecule has 2 N–H and O–H groups in total. The Bertz CT molecular complexity index is 1090. The molecule has 0 unspecified atom stereocenters. The quantitative estimate of drug-likeness (QED) is 0.498. The van der Waals surface area contributed by atoms with Crippen LogP contribution in [0, 0.1) is 0 Å². The smallest absolute Gasteiger partial charge is 0.226 e. The van der Waals surface area contributed by atoms with Crippen molar-refractivity contribution in [2.45, 2.75) is 13.1 Å². The van der Waals surface area contributed by atoms with Crippen LogP contribution >= 0.6 is 0 Å². The first-order chi connectivity index (χ1) is 20.2. The zero-order valence-corrected chi connectivity index (χ0v) is 25.2. The molecule has 0 aliphatic carbocycles. The highest BCUT2D eigenvalue weighted by Crippen LogP contribution is 2.15. The van der Waals surface area contributed by atoms with E-state index in [1.165, 1.54) is 24.7 Å². The van der Waals surface area contributed by atoms with Crippen molar-refractivity contribution in [1.29, 1.82) is 0 Å². The van der Waals surface area contributed by atoms with Gasteiger partial charge in [-0.15, -0.1) is 0 Å². The van der Waals surface area contributed by atoms with Crippen LogP contribution in [0.15, 0.2) is 43.1 Å². The first-order valence-corrected chi connectivity index (χ1v) is 14.5. The fourth-order valence-corrected chi connectivity index (χ4v) is 4.42. The number of likely N-dealkylation sites (N-methyl/N-ethyl adjacent to an activating group) is 3. The minimum absolute atomic E-state index is 0.246. The highest BCUT2D eigenvalue weighted by atomic mass is 16.5. The van der Waals surface area contributed by atoms with Gasteiger partial charge in [-0.05, 0) is 21.1 Å². The summed E-state index contributed by atoms with van der Waals surface area (Å²) < 4.78 is 22.5. The number of ether oxygens (including phenoxy) is 2. The van der Waals surface area contributed by atoms with Gasteiger partial charge >= 0.3 is 0 Å². The number of nitrogens with zero attached hydrogens (tertiary/aromatic N) is 5. The molecule has 0 spiro atoms. The number of rotatable bonds is 4. The van der Waals surface area contributed by atoms with E-state index in [-0.39, 0.29) is 23.0 Å². The molecule has 13 nitrogen and oxygen atoms in total. The Morgan fingerprint density at radius 1 is 0.571 bits per heavy atom. The third kappa shape index (κ3) is 11.8. The summed E-state index contributed by atoms with van der Waals surface area (Å²) in [5.41, 5.74) is -0.911. The normalized spacial score (nSPS) is 20.3. The Morgan fingerprint density at radius 3 is 1.31 bits per heavy atom. The molecule has 42 heavy (non-hydrogen) atoms. The fraction of sp³-hybridized carbons (Fsp3) is 0.655. The molecule has 0 radical (unpaired) electrons. The van der Waals surface area contributed by atoms with Crippen LogP contribution in [0.25, 0.3) is 0 Å². The van der Waals surface area contributed by atoms with Crippen molar-refractivity contribution in [3.05, 3.63) is 56.6 Å². The lowest BCUT2D eigenvalue weighted by atomic mass is 10.3. The van der Waals surface area contributed by atoms with Gasteiger partial charge in [0.2, 0.25) is 22.4 Å². The summed E-state index contributed by atoms with van der Waals surface area (Å²) in [4.78, 5) is 34.8. The van der Waals surface area contributed by atoms with Gasteiger partial charge in [-0.1, -0.05) is 0 Å². The van der Waals surface area contributed by atoms with E-state index < -0.39 is 10.9 Å². The highest BCUT2D eigenvalue weighted by Gasteiger charge is 2.16. The molecule has 1 aliphatic heterocycles. The molecule has 0 bridgehead atoms. The van der Waals surface area contributed by atoms with E-state index in [1.807, 2.05) is 0 Å². The third-order valence-corrected chi connectivity index (χ3v) is 7.39. The summed E-state index contributed by atoms with van der Waals surface area (Å²) in [5, 5.41) is 20.3. The van der Waals surface area contributed by atoms with Crippen LogP contribution in [-0.2, 0) is 22.6 Å². The van der Waals surface area contributed by atoms with Gasteiger partial charge in [0.1, 0.15) is 0 Å². The molecule has 0 aromatic carbocycles. The fourth-order valence-electron chi connectivity index (χ4n) is 4.42. The molecule has 1 fully saturated rings. The lowest BCUT2D eigenvalue weighted by Crippen LogP contribution is -2.40. The maximum Gasteiger partial charge on any atom is 0.226 e. The maximum atomic E-state index is 11.9. The molecule has 2 aromatic rings. The molecular formula is C29H47N5O8. The predicted molar refractivity (Wildman–Crippen MR) is 158 cm³/mol. The van der Waals surface area contributed by atoms with Crippen molar-refractivity contribution in [2.75, 3.05) is 113 Å². The van der Waals surface area contributed by atoms with E-state index in [9.17, 15) is 19.8 Å². The van der Waals surface area contributed by atoms with Crippen molar-refractivity contribution >= 4 is 0 Å². The van der Waals surface area contributed by atoms with Crippen molar-refractivity contribution in [3.8, 4) is 11.5 Å². The number of hydrogen-bond donors (Lipinski definition) is 2. The Morgan fingerprint density at radius 2 is 0.929 bits per heavy atom. The average Bonchev–Trinajstić information content (AvgIpc) is 2.97. The minimum Gasteiger partial charge on any atom is -0.502 e. The Kier molecular flexibility index (Phi) is 14.5. The van der Waals surface area contributed by atoms with E-state index in [2.05, 4.69) is 45.6 Å². The molecule has 2 aromatic heterocycles. The topological polar surface area (TPSA) is 136 Å². The van der Waals surface area contributed by atoms with Gasteiger partial charge in [-0.25, -0.2) is 0 Å². The molecule has 13 heteroatoms. The molecular weight excluding hydrogens is 546 g/mol. The summed E-state index contributed by atoms with van der Waals surface area (Å²) in [6.07, 6.45) is 2.61. The van der Waals surface area contributed by atoms with E-state index in [4.69, 9.17) is 18.3 Å². The van der Waals surface area contributed by atoms with E-state index >= 15 is 0 Å². The monoisotopic (exact) mass is 593 g/mol. The van der Waals surface area contributed by atoms with Crippen LogP contribution in [0.4, 0.5) is 0 Å². The third-order valence-electron chi connectivity index (χ3n) is 7.39. The van der Waals surface area contributed by atoms with Gasteiger partial charge in [0.15, 0.2) is 11.5 Å². The lowest BCUT2D eigenvalue weighted by Gasteiger charge is -2.28. The molecule has 1 saturated heterocycles. The van der Waals surface area contributed by atoms with Crippen LogP contribution in [0.2, 0.25) is 0 Å². The summed E-state index contributed by atoms with van der Waals surface area (Å²) in [5.74, 6) is -0.216. The number of aromatic hydroxyl groups is 2. The van der Waals surface area contributed by atoms with Gasteiger partial charge in [-0.3, -0.25) is 19.4 Å². The first kappa shape index (κ1) is 33.7. The van der Waals surface area contributed by atoms with E-state index in [1.54, 1.807) is 0 Å². The molecule has 236 valence electrons. The maximum absolute atomic E-state index is 11.9. The van der Waals surface area contributed by atoms with Gasteiger partial charge in [0.05, 0.1) is 52.0 Å². The largest absolute Gasteiger partial charge is 0.502 e. The predicted octanol–water partition coefficient (Wildman–Crippen LogP) is 0.151. The van der Waals surface area contributed by atoms with Crippen molar-refractivity contribution < 1.29 is 28.5 Å². The van der Waals surface area contributed by atoms with Gasteiger partial charge in [0, 0.05) is 77.6 Å². The molecule has 1 aliphatic rings. The SMILES string of the molecule is CN1CCN(C)CCN(Cc2occc(=O)c2O)CCOCCOCCN(Cc2occc(=O)c2O)CCN(C)CC1. The minimum atomic E-state index is -0.456. The van der Waals surface area contributed by atoms with E-state index in [0.717, 1.165) is 39.3 Å². The van der Waals surface area contributed by atoms with Crippen LogP contribution in [-0.4, -0.2) is 148 Å². The summed E-state index contributed by atoms with van der Waals surface area (Å²) >= 11 is 0. The first-order valence-electron chi connectivity index (χ1n) is 14.5. The van der Waals surface area contributed by atoms with Gasteiger partial charge in [0.25, 0.3) is 0 Å². The molecule has 0 amide bonds. The Labute approximate surface area is 247 Å². The van der Waals surface area contributed by atoms with Crippen LogP contribution in [0.5, 0.6) is 11.5 Å². The van der Waals surface area contributed by atoms with Crippen molar-refractivity contribution in [2.24, 2.45) is 0 Å². The highest BCUT2D eigenvalue weighted by molar-refractivity contribution is 5.23. The number of hydrogen-bond acceptors (Lipinski definition) is 13. The molecule has 3 rings (SSSR count). The lowest BCUT2D eigenvalue weighted by molar-refractivity contribution is 0.0273. The van der Waals surface area contributed by atoms with E-state index in [0.29, 0.717) is 65.7 Å². The van der Waals surface area contributed by atoms with Crippen LogP contribution < -0.4 is 10.9 Å². The average molecular weight is 594 g/mol. The Balaban J connectivity index is 1.60. The van der Waals surface area contributed by atoms with Crippen molar-refractivity contribution in [1.82, 2.24) is 24.5 Å². The summed E-state index contributed by atoms with van der Waals surface area (Å²) in [6, 6.07) is 2.41. The second-order valence-corrected chi connectivity index (χ2v) is 10.8. The van der Waals surface area contributed by atoms with Crippen LogP contribution in [0.1, 0.15) is 11.5 Å². The van der Waals surface area contributed by atoms with Crippen LogP contribution in [0.3, 0.4) is 0 Å². The molecule has 0 atom stereocenters. The molecule has 3 heterocycles. The molecule has 0 saturated carbocycles. The second-order valence-electron chi connectivity index (χ2n) is 10.8. The Hall–Kier alpha value is -2.78. The zero-order valence-electron chi connectivity index (χ0n) is 25.2. The van der Waals surface area contributed by atoms with Gasteiger partial charge < -0.3 is 43.2 Å². The second kappa shape index (κ2) is 18.0. The van der Waals surface area contributed by atoms with Gasteiger partial charge in [-0.2, -0.15) is 0 Å². The summed E-state index contributed by atoms with van der Waals surface area (Å²) in [6.45, 7) is 10.2. The van der Waals surface area contributed by atoms with Crippen molar-refractivity contribution in [3.63, 3.8) is 0 Å².